The van der Waals surface area contributed by atoms with Gasteiger partial charge in [-0.15, -0.1) is 0 Å². The van der Waals surface area contributed by atoms with Crippen LogP contribution in [-0.2, 0) is 17.8 Å². The van der Waals surface area contributed by atoms with Crippen LogP contribution in [0.15, 0.2) is 78.9 Å². The first-order valence-corrected chi connectivity index (χ1v) is 13.7. The van der Waals surface area contributed by atoms with Crippen molar-refractivity contribution in [1.82, 2.24) is 9.80 Å². The van der Waals surface area contributed by atoms with Crippen molar-refractivity contribution < 1.29 is 9.53 Å². The molecule has 1 saturated heterocycles. The van der Waals surface area contributed by atoms with Crippen molar-refractivity contribution in [1.29, 1.82) is 0 Å². The van der Waals surface area contributed by atoms with Crippen LogP contribution in [-0.4, -0.2) is 49.0 Å². The molecule has 0 aliphatic carbocycles. The zero-order valence-electron chi connectivity index (χ0n) is 22.2. The summed E-state index contributed by atoms with van der Waals surface area (Å²) >= 11 is 6.23. The topological polar surface area (TPSA) is 32.8 Å². The summed E-state index contributed by atoms with van der Waals surface area (Å²) in [5, 5.41) is 0.738. The maximum atomic E-state index is 13.5. The minimum absolute atomic E-state index is 0.172. The van der Waals surface area contributed by atoms with Crippen molar-refractivity contribution >= 4 is 17.5 Å². The van der Waals surface area contributed by atoms with Crippen LogP contribution in [0.25, 0.3) is 0 Å². The molecule has 0 bridgehead atoms. The maximum absolute atomic E-state index is 13.5. The molecule has 1 amide bonds. The van der Waals surface area contributed by atoms with Gasteiger partial charge >= 0.3 is 0 Å². The molecule has 5 heteroatoms. The van der Waals surface area contributed by atoms with Crippen LogP contribution < -0.4 is 4.74 Å². The highest BCUT2D eigenvalue weighted by molar-refractivity contribution is 6.31. The Morgan fingerprint density at radius 1 is 1.03 bits per heavy atom. The van der Waals surface area contributed by atoms with Gasteiger partial charge < -0.3 is 14.5 Å². The molecular weight excluding hydrogens is 480 g/mol. The Bertz CT molecular complexity index is 1140. The fourth-order valence-electron chi connectivity index (χ4n) is 5.31. The van der Waals surface area contributed by atoms with Crippen LogP contribution in [0, 0.1) is 12.3 Å². The standard InChI is InChI=1S/C32H39ClN2O2/c1-26-21-29(16-17-30(26)33)37-25-32(22-31(36)34(2)23-28-13-7-4-8-14-28)18-10-20-35(24-32)19-9-15-27-11-5-3-6-12-27/h3-8,11-14,16-17,21H,9-10,15,18-20,22-25H2,1-2H3/t32-/m0/s1. The molecule has 0 N–H and O–H groups in total. The quantitative estimate of drug-likeness (QED) is 0.280. The van der Waals surface area contributed by atoms with Crippen LogP contribution in [0.2, 0.25) is 5.02 Å². The van der Waals surface area contributed by atoms with E-state index in [0.29, 0.717) is 19.6 Å². The molecule has 4 nitrogen and oxygen atoms in total. The molecule has 3 aromatic rings. The summed E-state index contributed by atoms with van der Waals surface area (Å²) in [6.07, 6.45) is 4.73. The monoisotopic (exact) mass is 518 g/mol. The first kappa shape index (κ1) is 27.2. The lowest BCUT2D eigenvalue weighted by molar-refractivity contribution is -0.135. The fourth-order valence-corrected chi connectivity index (χ4v) is 5.43. The molecule has 0 aromatic heterocycles. The van der Waals surface area contributed by atoms with Gasteiger partial charge in [0.2, 0.25) is 5.91 Å². The highest BCUT2D eigenvalue weighted by Gasteiger charge is 2.39. The second kappa shape index (κ2) is 13.1. The van der Waals surface area contributed by atoms with Crippen LogP contribution >= 0.6 is 11.6 Å². The Labute approximate surface area is 227 Å². The van der Waals surface area contributed by atoms with Gasteiger partial charge in [-0.25, -0.2) is 0 Å². The number of rotatable bonds is 11. The summed E-state index contributed by atoms with van der Waals surface area (Å²) in [4.78, 5) is 17.9. The van der Waals surface area contributed by atoms with Crippen molar-refractivity contribution in [2.75, 3.05) is 33.3 Å². The molecule has 1 aliphatic heterocycles. The van der Waals surface area contributed by atoms with Gasteiger partial charge in [-0.2, -0.15) is 0 Å². The van der Waals surface area contributed by atoms with Crippen molar-refractivity contribution in [2.24, 2.45) is 5.41 Å². The van der Waals surface area contributed by atoms with E-state index < -0.39 is 0 Å². The first-order valence-electron chi connectivity index (χ1n) is 13.4. The number of piperidine rings is 1. The molecular formula is C32H39ClN2O2. The molecule has 1 heterocycles. The fraction of sp³-hybridized carbons (Fsp3) is 0.406. The summed E-state index contributed by atoms with van der Waals surface area (Å²) in [6, 6.07) is 26.6. The molecule has 3 aromatic carbocycles. The third kappa shape index (κ3) is 8.08. The Balaban J connectivity index is 1.43. The number of aryl methyl sites for hydroxylation is 2. The molecule has 4 rings (SSSR count). The third-order valence-corrected chi connectivity index (χ3v) is 7.84. The molecule has 0 unspecified atom stereocenters. The zero-order valence-corrected chi connectivity index (χ0v) is 22.9. The highest BCUT2D eigenvalue weighted by atomic mass is 35.5. The normalized spacial score (nSPS) is 17.9. The predicted octanol–water partition coefficient (Wildman–Crippen LogP) is 6.79. The van der Waals surface area contributed by atoms with E-state index in [1.165, 1.54) is 5.56 Å². The van der Waals surface area contributed by atoms with E-state index in [-0.39, 0.29) is 11.3 Å². The van der Waals surface area contributed by atoms with Gasteiger partial charge in [0.1, 0.15) is 5.75 Å². The van der Waals surface area contributed by atoms with E-state index in [1.54, 1.807) is 0 Å². The minimum atomic E-state index is -0.222. The van der Waals surface area contributed by atoms with Crippen LogP contribution in [0.5, 0.6) is 5.75 Å². The Morgan fingerprint density at radius 2 is 1.73 bits per heavy atom. The van der Waals surface area contributed by atoms with Crippen molar-refractivity contribution in [2.45, 2.75) is 45.6 Å². The molecule has 1 aliphatic rings. The number of ether oxygens (including phenoxy) is 1. The molecule has 0 radical (unpaired) electrons. The van der Waals surface area contributed by atoms with E-state index in [4.69, 9.17) is 16.3 Å². The van der Waals surface area contributed by atoms with Crippen LogP contribution in [0.3, 0.4) is 0 Å². The molecule has 0 saturated carbocycles. The number of hydrogen-bond acceptors (Lipinski definition) is 3. The van der Waals surface area contributed by atoms with Gasteiger partial charge in [-0.1, -0.05) is 72.3 Å². The van der Waals surface area contributed by atoms with Gasteiger partial charge in [-0.05, 0) is 80.6 Å². The lowest BCUT2D eigenvalue weighted by Gasteiger charge is -2.43. The van der Waals surface area contributed by atoms with Crippen molar-refractivity contribution in [3.63, 3.8) is 0 Å². The number of likely N-dealkylation sites (tertiary alicyclic amines) is 1. The second-order valence-corrected chi connectivity index (χ2v) is 11.0. The average Bonchev–Trinajstić information content (AvgIpc) is 2.91. The van der Waals surface area contributed by atoms with E-state index in [9.17, 15) is 4.79 Å². The Kier molecular flexibility index (Phi) is 9.65. The SMILES string of the molecule is Cc1cc(OC[C@]2(CC(=O)N(C)Cc3ccccc3)CCCN(CCCc3ccccc3)C2)ccc1Cl. The summed E-state index contributed by atoms with van der Waals surface area (Å²) in [5.41, 5.74) is 3.30. The maximum Gasteiger partial charge on any atom is 0.223 e. The number of halogens is 1. The Hall–Kier alpha value is -2.82. The molecule has 196 valence electrons. The first-order chi connectivity index (χ1) is 17.9. The van der Waals surface area contributed by atoms with Gasteiger partial charge in [0.05, 0.1) is 6.61 Å². The molecule has 1 atom stereocenters. The van der Waals surface area contributed by atoms with Crippen LogP contribution in [0.1, 0.15) is 42.4 Å². The number of amides is 1. The van der Waals surface area contributed by atoms with Crippen LogP contribution in [0.4, 0.5) is 0 Å². The Morgan fingerprint density at radius 3 is 2.43 bits per heavy atom. The zero-order chi connectivity index (χ0) is 26.1. The molecule has 0 spiro atoms. The molecule has 1 fully saturated rings. The smallest absolute Gasteiger partial charge is 0.223 e. The van der Waals surface area contributed by atoms with E-state index in [2.05, 4.69) is 47.4 Å². The predicted molar refractivity (Wildman–Crippen MR) is 152 cm³/mol. The number of benzene rings is 3. The van der Waals surface area contributed by atoms with Gasteiger partial charge in [0.15, 0.2) is 0 Å². The summed E-state index contributed by atoms with van der Waals surface area (Å²) in [5.74, 6) is 0.985. The van der Waals surface area contributed by atoms with Crippen molar-refractivity contribution in [3.05, 3.63) is 101 Å². The van der Waals surface area contributed by atoms with E-state index in [1.807, 2.05) is 55.3 Å². The molecule has 37 heavy (non-hydrogen) atoms. The van der Waals surface area contributed by atoms with Gasteiger partial charge in [0.25, 0.3) is 0 Å². The summed E-state index contributed by atoms with van der Waals surface area (Å²) < 4.78 is 6.35. The third-order valence-electron chi connectivity index (χ3n) is 7.41. The number of carbonyl (C=O) groups excluding carboxylic acids is 1. The lowest BCUT2D eigenvalue weighted by atomic mass is 9.77. The second-order valence-electron chi connectivity index (χ2n) is 10.6. The minimum Gasteiger partial charge on any atom is -0.493 e. The van der Waals surface area contributed by atoms with Crippen molar-refractivity contribution in [3.8, 4) is 5.75 Å². The average molecular weight is 519 g/mol. The lowest BCUT2D eigenvalue weighted by Crippen LogP contribution is -2.49. The largest absolute Gasteiger partial charge is 0.493 e. The van der Waals surface area contributed by atoms with Gasteiger partial charge in [-0.3, -0.25) is 4.79 Å². The highest BCUT2D eigenvalue weighted by Crippen LogP contribution is 2.36. The van der Waals surface area contributed by atoms with E-state index >= 15 is 0 Å². The number of hydrogen-bond donors (Lipinski definition) is 0. The summed E-state index contributed by atoms with van der Waals surface area (Å²) in [6.45, 7) is 6.11. The summed E-state index contributed by atoms with van der Waals surface area (Å²) in [7, 11) is 1.91. The number of nitrogens with zero attached hydrogens (tertiary/aromatic N) is 2. The number of carbonyl (C=O) groups is 1. The van der Waals surface area contributed by atoms with Gasteiger partial charge in [0, 0.05) is 37.0 Å². The van der Waals surface area contributed by atoms with E-state index in [0.717, 1.165) is 67.2 Å².